The maximum absolute atomic E-state index is 13.7. The van der Waals surface area contributed by atoms with Gasteiger partial charge >= 0.3 is 0 Å². The third kappa shape index (κ3) is 1.32. The highest BCUT2D eigenvalue weighted by Crippen LogP contribution is 2.33. The van der Waals surface area contributed by atoms with Crippen LogP contribution in [-0.2, 0) is 6.42 Å². The van der Waals surface area contributed by atoms with Gasteiger partial charge in [-0.15, -0.1) is 0 Å². The first kappa shape index (κ1) is 9.59. The van der Waals surface area contributed by atoms with Gasteiger partial charge in [-0.3, -0.25) is 0 Å². The fourth-order valence-corrected chi connectivity index (χ4v) is 2.10. The van der Waals surface area contributed by atoms with E-state index < -0.39 is 0 Å². The first-order valence-electron chi connectivity index (χ1n) is 4.84. The van der Waals surface area contributed by atoms with E-state index in [0.29, 0.717) is 23.1 Å². The lowest BCUT2D eigenvalue weighted by Crippen LogP contribution is -2.21. The highest BCUT2D eigenvalue weighted by molar-refractivity contribution is 5.38. The molecule has 0 aromatic heterocycles. The summed E-state index contributed by atoms with van der Waals surface area (Å²) in [6.07, 6.45) is 2.19. The number of halogens is 2. The van der Waals surface area contributed by atoms with Crippen LogP contribution in [0.3, 0.4) is 0 Å². The SMILES string of the molecule is Cc1cc(F)c2c(c1F)C(N)CCC2. The monoisotopic (exact) mass is 197 g/mol. The molecule has 0 amide bonds. The molecule has 0 bridgehead atoms. The van der Waals surface area contributed by atoms with Crippen LogP contribution in [0.25, 0.3) is 0 Å². The Bertz CT molecular complexity index is 374. The van der Waals surface area contributed by atoms with E-state index in [2.05, 4.69) is 0 Å². The zero-order valence-electron chi connectivity index (χ0n) is 8.11. The predicted octanol–water partition coefficient (Wildman–Crippen LogP) is 2.61. The minimum Gasteiger partial charge on any atom is -0.324 e. The molecule has 14 heavy (non-hydrogen) atoms. The van der Waals surface area contributed by atoms with E-state index >= 15 is 0 Å². The van der Waals surface area contributed by atoms with Gasteiger partial charge in [0.05, 0.1) is 0 Å². The van der Waals surface area contributed by atoms with E-state index in [-0.39, 0.29) is 17.7 Å². The van der Waals surface area contributed by atoms with Gasteiger partial charge < -0.3 is 5.73 Å². The Labute approximate surface area is 81.9 Å². The van der Waals surface area contributed by atoms with Crippen molar-refractivity contribution in [3.63, 3.8) is 0 Å². The van der Waals surface area contributed by atoms with E-state index in [4.69, 9.17) is 5.73 Å². The zero-order valence-corrected chi connectivity index (χ0v) is 8.11. The van der Waals surface area contributed by atoms with Gasteiger partial charge in [-0.05, 0) is 43.4 Å². The molecule has 0 spiro atoms. The number of fused-ring (bicyclic) bond motifs is 1. The molecule has 0 aliphatic heterocycles. The lowest BCUT2D eigenvalue weighted by Gasteiger charge is -2.23. The molecule has 1 aromatic carbocycles. The number of rotatable bonds is 0. The third-order valence-electron chi connectivity index (χ3n) is 2.85. The second kappa shape index (κ2) is 3.31. The van der Waals surface area contributed by atoms with Crippen molar-refractivity contribution in [3.05, 3.63) is 34.4 Å². The molecule has 0 heterocycles. The van der Waals surface area contributed by atoms with Gasteiger partial charge in [0.2, 0.25) is 0 Å². The zero-order chi connectivity index (χ0) is 10.3. The molecule has 0 saturated carbocycles. The molecule has 1 aliphatic rings. The Morgan fingerprint density at radius 1 is 1.43 bits per heavy atom. The molecular formula is C11H13F2N. The number of hydrogen-bond donors (Lipinski definition) is 1. The Morgan fingerprint density at radius 3 is 2.86 bits per heavy atom. The Kier molecular flexibility index (Phi) is 2.27. The highest BCUT2D eigenvalue weighted by Gasteiger charge is 2.24. The second-order valence-corrected chi connectivity index (χ2v) is 3.88. The summed E-state index contributed by atoms with van der Waals surface area (Å²) in [7, 11) is 0. The molecule has 3 heteroatoms. The fourth-order valence-electron chi connectivity index (χ4n) is 2.10. The van der Waals surface area contributed by atoms with Crippen LogP contribution in [0.4, 0.5) is 8.78 Å². The molecule has 2 rings (SSSR count). The molecule has 0 radical (unpaired) electrons. The largest absolute Gasteiger partial charge is 0.324 e. The van der Waals surface area contributed by atoms with Crippen molar-refractivity contribution in [2.24, 2.45) is 5.73 Å². The summed E-state index contributed by atoms with van der Waals surface area (Å²) in [5, 5.41) is 0. The van der Waals surface area contributed by atoms with Crippen molar-refractivity contribution in [1.82, 2.24) is 0 Å². The molecule has 1 nitrogen and oxygen atoms in total. The molecule has 1 unspecified atom stereocenters. The fraction of sp³-hybridized carbons (Fsp3) is 0.455. The van der Waals surface area contributed by atoms with Crippen molar-refractivity contribution in [2.45, 2.75) is 32.2 Å². The van der Waals surface area contributed by atoms with Crippen molar-refractivity contribution >= 4 is 0 Å². The van der Waals surface area contributed by atoms with Crippen molar-refractivity contribution in [1.29, 1.82) is 0 Å². The third-order valence-corrected chi connectivity index (χ3v) is 2.85. The van der Waals surface area contributed by atoms with Crippen LogP contribution in [0.15, 0.2) is 6.07 Å². The smallest absolute Gasteiger partial charge is 0.131 e. The van der Waals surface area contributed by atoms with E-state index in [1.54, 1.807) is 6.92 Å². The van der Waals surface area contributed by atoms with Gasteiger partial charge in [0.25, 0.3) is 0 Å². The predicted molar refractivity (Wildman–Crippen MR) is 51.0 cm³/mol. The van der Waals surface area contributed by atoms with E-state index in [1.807, 2.05) is 0 Å². The molecule has 1 aliphatic carbocycles. The Morgan fingerprint density at radius 2 is 2.14 bits per heavy atom. The van der Waals surface area contributed by atoms with Gasteiger partial charge in [0.1, 0.15) is 11.6 Å². The Hall–Kier alpha value is -0.960. The highest BCUT2D eigenvalue weighted by atomic mass is 19.1. The van der Waals surface area contributed by atoms with Crippen LogP contribution in [0.2, 0.25) is 0 Å². The minimum atomic E-state index is -0.340. The molecule has 76 valence electrons. The summed E-state index contributed by atoms with van der Waals surface area (Å²) in [6, 6.07) is 0.916. The van der Waals surface area contributed by atoms with Crippen LogP contribution in [0, 0.1) is 18.6 Å². The first-order chi connectivity index (χ1) is 6.61. The van der Waals surface area contributed by atoms with E-state index in [9.17, 15) is 8.78 Å². The van der Waals surface area contributed by atoms with Crippen LogP contribution in [0.5, 0.6) is 0 Å². The van der Waals surface area contributed by atoms with Gasteiger partial charge in [0, 0.05) is 11.6 Å². The summed E-state index contributed by atoms with van der Waals surface area (Å²) >= 11 is 0. The summed E-state index contributed by atoms with van der Waals surface area (Å²) < 4.78 is 27.1. The molecule has 2 N–H and O–H groups in total. The summed E-state index contributed by atoms with van der Waals surface area (Å²) in [4.78, 5) is 0. The van der Waals surface area contributed by atoms with Crippen LogP contribution < -0.4 is 5.73 Å². The normalized spacial score (nSPS) is 20.7. The maximum Gasteiger partial charge on any atom is 0.131 e. The number of nitrogens with two attached hydrogens (primary N) is 1. The topological polar surface area (TPSA) is 26.0 Å². The van der Waals surface area contributed by atoms with E-state index in [1.165, 1.54) is 6.07 Å². The average Bonchev–Trinajstić information content (AvgIpc) is 2.14. The summed E-state index contributed by atoms with van der Waals surface area (Å²) in [6.45, 7) is 1.57. The number of aryl methyl sites for hydroxylation is 1. The minimum absolute atomic E-state index is 0.311. The first-order valence-corrected chi connectivity index (χ1v) is 4.84. The molecular weight excluding hydrogens is 184 g/mol. The Balaban J connectivity index is 2.67. The van der Waals surface area contributed by atoms with Crippen LogP contribution in [-0.4, -0.2) is 0 Å². The van der Waals surface area contributed by atoms with Gasteiger partial charge in [0.15, 0.2) is 0 Å². The number of benzene rings is 1. The quantitative estimate of drug-likeness (QED) is 0.679. The van der Waals surface area contributed by atoms with Crippen LogP contribution >= 0.6 is 0 Å². The lowest BCUT2D eigenvalue weighted by atomic mass is 9.86. The van der Waals surface area contributed by atoms with Gasteiger partial charge in [-0.25, -0.2) is 8.78 Å². The molecule has 1 aromatic rings. The molecule has 0 saturated heterocycles. The van der Waals surface area contributed by atoms with Crippen molar-refractivity contribution in [2.75, 3.05) is 0 Å². The van der Waals surface area contributed by atoms with E-state index in [0.717, 1.165) is 12.8 Å². The summed E-state index contributed by atoms with van der Waals surface area (Å²) in [5.41, 5.74) is 7.00. The summed E-state index contributed by atoms with van der Waals surface area (Å²) in [5.74, 6) is -0.636. The van der Waals surface area contributed by atoms with Crippen LogP contribution in [0.1, 0.15) is 35.6 Å². The molecule has 0 fully saturated rings. The van der Waals surface area contributed by atoms with Gasteiger partial charge in [-0.2, -0.15) is 0 Å². The van der Waals surface area contributed by atoms with Crippen molar-refractivity contribution in [3.8, 4) is 0 Å². The molecule has 1 atom stereocenters. The average molecular weight is 197 g/mol. The van der Waals surface area contributed by atoms with Crippen molar-refractivity contribution < 1.29 is 8.78 Å². The van der Waals surface area contributed by atoms with Gasteiger partial charge in [-0.1, -0.05) is 0 Å². The standard InChI is InChI=1S/C11H13F2N/c1-6-5-8(12)7-3-2-4-9(14)10(7)11(6)13/h5,9H,2-4,14H2,1H3. The maximum atomic E-state index is 13.7. The number of hydrogen-bond acceptors (Lipinski definition) is 1. The lowest BCUT2D eigenvalue weighted by molar-refractivity contribution is 0.489. The second-order valence-electron chi connectivity index (χ2n) is 3.88.